The van der Waals surface area contributed by atoms with Gasteiger partial charge in [0.1, 0.15) is 5.82 Å². The Morgan fingerprint density at radius 1 is 0.971 bits per heavy atom. The number of rotatable bonds is 9. The molecule has 11 heteroatoms. The van der Waals surface area contributed by atoms with E-state index in [4.69, 9.17) is 5.10 Å². The largest absolute Gasteiger partial charge is 0.471 e. The molecule has 0 saturated carbocycles. The predicted octanol–water partition coefficient (Wildman–Crippen LogP) is 5.23. The first-order valence-corrected chi connectivity index (χ1v) is 12.5. The maximum absolute atomic E-state index is 13.2. The Balaban J connectivity index is 1.87. The lowest BCUT2D eigenvalue weighted by atomic mass is 9.93. The van der Waals surface area contributed by atoms with Crippen LogP contribution in [0.3, 0.4) is 0 Å². The van der Waals surface area contributed by atoms with Crippen LogP contribution in [0.5, 0.6) is 0 Å². The molecule has 0 aliphatic heterocycles. The number of aromatic nitrogens is 2. The highest BCUT2D eigenvalue weighted by atomic mass is 32.2. The zero-order chi connectivity index (χ0) is 26.0. The maximum Gasteiger partial charge on any atom is 0.471 e. The number of nitrogens with one attached hydrogen (secondary N) is 2. The van der Waals surface area contributed by atoms with Gasteiger partial charge in [0.05, 0.1) is 16.9 Å². The summed E-state index contributed by atoms with van der Waals surface area (Å²) in [6.45, 7) is 6.92. The van der Waals surface area contributed by atoms with E-state index in [1.165, 1.54) is 26.0 Å². The van der Waals surface area contributed by atoms with Crippen molar-refractivity contribution in [3.05, 3.63) is 77.2 Å². The summed E-state index contributed by atoms with van der Waals surface area (Å²) in [7, 11) is -4.84. The van der Waals surface area contributed by atoms with Crippen molar-refractivity contribution in [2.45, 2.75) is 58.4 Å². The number of nitrogens with zero attached hydrogens (tertiary/aromatic N) is 2. The molecule has 0 saturated heterocycles. The molecule has 3 rings (SSSR count). The van der Waals surface area contributed by atoms with Gasteiger partial charge in [0.15, 0.2) is 0 Å². The van der Waals surface area contributed by atoms with Crippen LogP contribution in [0.4, 0.5) is 17.6 Å². The average molecular weight is 513 g/mol. The molecule has 0 radical (unpaired) electrons. The topological polar surface area (TPSA) is 76.0 Å². The summed E-state index contributed by atoms with van der Waals surface area (Å²) in [6.07, 6.45) is -3.78. The summed E-state index contributed by atoms with van der Waals surface area (Å²) >= 11 is 0. The van der Waals surface area contributed by atoms with Crippen LogP contribution in [0, 0.1) is 5.82 Å². The Kier molecular flexibility index (Phi) is 7.73. The van der Waals surface area contributed by atoms with E-state index >= 15 is 0 Å². The van der Waals surface area contributed by atoms with Crippen molar-refractivity contribution in [1.29, 1.82) is 0 Å². The number of hydrogen-bond acceptors (Lipinski definition) is 3. The Morgan fingerprint density at radius 2 is 1.63 bits per heavy atom. The second kappa shape index (κ2) is 10.1. The van der Waals surface area contributed by atoms with Gasteiger partial charge in [-0.2, -0.15) is 31.4 Å². The quantitative estimate of drug-likeness (QED) is 0.304. The zero-order valence-electron chi connectivity index (χ0n) is 19.8. The minimum absolute atomic E-state index is 0.0238. The van der Waals surface area contributed by atoms with E-state index in [1.807, 2.05) is 30.7 Å². The summed E-state index contributed by atoms with van der Waals surface area (Å²) in [5.41, 5.74) is 2.50. The fourth-order valence-corrected chi connectivity index (χ4v) is 4.89. The van der Waals surface area contributed by atoms with Gasteiger partial charge in [-0.25, -0.2) is 4.39 Å². The van der Waals surface area contributed by atoms with Crippen molar-refractivity contribution < 1.29 is 26.0 Å². The first kappa shape index (κ1) is 26.8. The molecule has 2 N–H and O–H groups in total. The number of halogens is 4. The van der Waals surface area contributed by atoms with Crippen molar-refractivity contribution in [2.24, 2.45) is 0 Å². The Bertz CT molecular complexity index is 1270. The Labute approximate surface area is 202 Å². The van der Waals surface area contributed by atoms with Gasteiger partial charge in [0, 0.05) is 11.6 Å². The first-order chi connectivity index (χ1) is 16.2. The summed E-state index contributed by atoms with van der Waals surface area (Å²) in [4.78, 5) is 0. The van der Waals surface area contributed by atoms with Crippen molar-refractivity contribution in [1.82, 2.24) is 19.2 Å². The minimum Gasteiger partial charge on any atom is -0.262 e. The molecule has 2 aromatic carbocycles. The summed E-state index contributed by atoms with van der Waals surface area (Å²) in [5, 5.41) is 4.71. The highest BCUT2D eigenvalue weighted by Crippen LogP contribution is 2.29. The van der Waals surface area contributed by atoms with Crippen molar-refractivity contribution in [2.75, 3.05) is 0 Å². The highest BCUT2D eigenvalue weighted by Gasteiger charge is 2.37. The third kappa shape index (κ3) is 7.36. The van der Waals surface area contributed by atoms with Gasteiger partial charge in [-0.3, -0.25) is 4.68 Å². The minimum atomic E-state index is -5.09. The molecule has 0 aliphatic carbocycles. The van der Waals surface area contributed by atoms with Crippen LogP contribution in [0.2, 0.25) is 0 Å². The number of benzene rings is 2. The molecule has 0 bridgehead atoms. The molecule has 190 valence electrons. The van der Waals surface area contributed by atoms with E-state index in [1.54, 1.807) is 30.3 Å². The van der Waals surface area contributed by atoms with Crippen LogP contribution < -0.4 is 9.44 Å². The summed E-state index contributed by atoms with van der Waals surface area (Å²) < 4.78 is 79.4. The molecule has 0 spiro atoms. The molecule has 0 unspecified atom stereocenters. The van der Waals surface area contributed by atoms with Crippen LogP contribution >= 0.6 is 0 Å². The van der Waals surface area contributed by atoms with Crippen LogP contribution in [0.15, 0.2) is 54.6 Å². The number of hydrogen-bond donors (Lipinski definition) is 2. The fraction of sp³-hybridized carbons (Fsp3) is 0.375. The highest BCUT2D eigenvalue weighted by molar-refractivity contribution is 7.87. The molecular weight excluding hydrogens is 484 g/mol. The Hall–Kier alpha value is -2.76. The van der Waals surface area contributed by atoms with Gasteiger partial charge in [-0.05, 0) is 75.9 Å². The van der Waals surface area contributed by atoms with E-state index in [0.29, 0.717) is 23.1 Å². The van der Waals surface area contributed by atoms with Gasteiger partial charge in [-0.15, -0.1) is 4.72 Å². The lowest BCUT2D eigenvalue weighted by molar-refractivity contribution is -0.138. The fourth-order valence-electron chi connectivity index (χ4n) is 3.74. The van der Waals surface area contributed by atoms with Crippen LogP contribution in [0.25, 0.3) is 11.3 Å². The van der Waals surface area contributed by atoms with Gasteiger partial charge in [0.2, 0.25) is 0 Å². The molecule has 1 aromatic heterocycles. The average Bonchev–Trinajstić information content (AvgIpc) is 3.16. The summed E-state index contributed by atoms with van der Waals surface area (Å²) in [6, 6.07) is 15.2. The van der Waals surface area contributed by atoms with Gasteiger partial charge in [0.25, 0.3) is 10.2 Å². The van der Waals surface area contributed by atoms with Gasteiger partial charge in [-0.1, -0.05) is 30.3 Å². The first-order valence-electron chi connectivity index (χ1n) is 11.0. The molecule has 0 fully saturated rings. The van der Waals surface area contributed by atoms with Gasteiger partial charge < -0.3 is 0 Å². The van der Waals surface area contributed by atoms with E-state index in [2.05, 4.69) is 4.72 Å². The van der Waals surface area contributed by atoms with Crippen LogP contribution in [-0.2, 0) is 28.6 Å². The second-order valence-electron chi connectivity index (χ2n) is 9.10. The van der Waals surface area contributed by atoms with Crippen LogP contribution in [0.1, 0.15) is 50.6 Å². The van der Waals surface area contributed by atoms with E-state index < -0.39 is 22.0 Å². The van der Waals surface area contributed by atoms with Crippen molar-refractivity contribution in [3.63, 3.8) is 0 Å². The zero-order valence-corrected chi connectivity index (χ0v) is 20.6. The lowest BCUT2D eigenvalue weighted by Crippen LogP contribution is -2.51. The maximum atomic E-state index is 13.2. The SMILES string of the molecule is CC(C)n1nc(CCc2ccc(F)cc2)cc1-c1cccc(C(C)(C)NS(=O)(=O)NC(F)(F)F)c1. The lowest BCUT2D eigenvalue weighted by Gasteiger charge is -2.27. The molecule has 0 amide bonds. The number of alkyl halides is 3. The van der Waals surface area contributed by atoms with Crippen molar-refractivity contribution >= 4 is 10.2 Å². The molecular formula is C24H28F4N4O2S. The molecule has 1 heterocycles. The molecule has 3 aromatic rings. The smallest absolute Gasteiger partial charge is 0.262 e. The third-order valence-corrected chi connectivity index (χ3v) is 6.66. The third-order valence-electron chi connectivity index (χ3n) is 5.38. The van der Waals surface area contributed by atoms with E-state index in [9.17, 15) is 26.0 Å². The number of aryl methyl sites for hydroxylation is 2. The monoisotopic (exact) mass is 512 g/mol. The molecule has 0 atom stereocenters. The molecule has 0 aliphatic rings. The van der Waals surface area contributed by atoms with Crippen LogP contribution in [-0.4, -0.2) is 24.5 Å². The van der Waals surface area contributed by atoms with Crippen molar-refractivity contribution in [3.8, 4) is 11.3 Å². The second-order valence-corrected chi connectivity index (χ2v) is 10.5. The standard InChI is InChI=1S/C24H28F4N4O2S/c1-16(2)32-22(15-21(29-32)13-10-17-8-11-20(25)12-9-17)18-6-5-7-19(14-18)23(3,4)30-35(33,34)31-24(26,27)28/h5-9,11-12,14-16,30-31H,10,13H2,1-4H3. The predicted molar refractivity (Wildman–Crippen MR) is 126 cm³/mol. The molecule has 35 heavy (non-hydrogen) atoms. The summed E-state index contributed by atoms with van der Waals surface area (Å²) in [5.74, 6) is -0.292. The van der Waals surface area contributed by atoms with Gasteiger partial charge >= 0.3 is 6.30 Å². The molecule has 6 nitrogen and oxygen atoms in total. The normalized spacial score (nSPS) is 12.9. The Morgan fingerprint density at radius 3 is 2.23 bits per heavy atom. The van der Waals surface area contributed by atoms with E-state index in [0.717, 1.165) is 22.5 Å². The van der Waals surface area contributed by atoms with E-state index in [-0.39, 0.29) is 11.9 Å².